The minimum atomic E-state index is -4.05. The van der Waals surface area contributed by atoms with Crippen LogP contribution in [-0.2, 0) is 10.0 Å². The van der Waals surface area contributed by atoms with Crippen LogP contribution in [0.3, 0.4) is 0 Å². The van der Waals surface area contributed by atoms with E-state index in [-0.39, 0.29) is 27.0 Å². The maximum Gasteiger partial charge on any atom is 0.261 e. The smallest absolute Gasteiger partial charge is 0.261 e. The number of rotatable bonds is 5. The van der Waals surface area contributed by atoms with Crippen molar-refractivity contribution in [1.82, 2.24) is 9.97 Å². The number of fused-ring (bicyclic) bond motifs is 1. The minimum absolute atomic E-state index is 0.124. The second-order valence-corrected chi connectivity index (χ2v) is 8.79. The Morgan fingerprint density at radius 3 is 2.70 bits per heavy atom. The molecule has 6 nitrogen and oxygen atoms in total. The summed E-state index contributed by atoms with van der Waals surface area (Å²) in [5.41, 5.74) is 2.06. The number of H-pyrrole nitrogens is 1. The molecule has 4 rings (SSSR count). The second-order valence-electron chi connectivity index (χ2n) is 6.70. The monoisotopic (exact) mass is 443 g/mol. The zero-order valence-electron chi connectivity index (χ0n) is 15.6. The average Bonchev–Trinajstić information content (AvgIpc) is 3.12. The summed E-state index contributed by atoms with van der Waals surface area (Å²) in [4.78, 5) is 20.1. The standard InChI is InChI=1S/C21H15ClFN3O3S/c1-12-7-16-18(11-25-21(16)24-10-12)20(27)17-9-14(5-6-19(17)22)26-30(28,29)15-4-2-3-13(23)8-15/h2-11,26H,1H3,(H,24,25). The van der Waals surface area contributed by atoms with Gasteiger partial charge in [0, 0.05) is 34.6 Å². The van der Waals surface area contributed by atoms with Crippen LogP contribution in [0.15, 0.2) is 65.8 Å². The van der Waals surface area contributed by atoms with Gasteiger partial charge in [0.15, 0.2) is 5.78 Å². The molecule has 0 fully saturated rings. The summed E-state index contributed by atoms with van der Waals surface area (Å²) in [6, 6.07) is 10.7. The molecule has 0 spiro atoms. The van der Waals surface area contributed by atoms with Crippen LogP contribution in [0, 0.1) is 12.7 Å². The molecule has 0 saturated heterocycles. The Morgan fingerprint density at radius 1 is 1.13 bits per heavy atom. The van der Waals surface area contributed by atoms with Gasteiger partial charge >= 0.3 is 0 Å². The molecule has 2 N–H and O–H groups in total. The zero-order chi connectivity index (χ0) is 21.5. The molecule has 0 aliphatic rings. The first-order valence-corrected chi connectivity index (χ1v) is 10.7. The number of pyridine rings is 1. The van der Waals surface area contributed by atoms with Gasteiger partial charge in [-0.1, -0.05) is 17.7 Å². The fraction of sp³-hybridized carbons (Fsp3) is 0.0476. The molecule has 152 valence electrons. The van der Waals surface area contributed by atoms with Crippen LogP contribution >= 0.6 is 11.6 Å². The fourth-order valence-electron chi connectivity index (χ4n) is 3.05. The maximum atomic E-state index is 13.4. The number of benzene rings is 2. The SMILES string of the molecule is Cc1cnc2[nH]cc(C(=O)c3cc(NS(=O)(=O)c4cccc(F)c4)ccc3Cl)c2c1. The van der Waals surface area contributed by atoms with E-state index in [0.29, 0.717) is 16.6 Å². The van der Waals surface area contributed by atoms with Gasteiger partial charge in [0.2, 0.25) is 0 Å². The van der Waals surface area contributed by atoms with E-state index < -0.39 is 15.8 Å². The highest BCUT2D eigenvalue weighted by atomic mass is 35.5. The molecular weight excluding hydrogens is 429 g/mol. The van der Waals surface area contributed by atoms with Crippen molar-refractivity contribution in [2.24, 2.45) is 0 Å². The molecule has 0 bridgehead atoms. The lowest BCUT2D eigenvalue weighted by Gasteiger charge is -2.10. The summed E-state index contributed by atoms with van der Waals surface area (Å²) in [7, 11) is -4.05. The average molecular weight is 444 g/mol. The van der Waals surface area contributed by atoms with Gasteiger partial charge in [0.1, 0.15) is 11.5 Å². The predicted molar refractivity (Wildman–Crippen MR) is 113 cm³/mol. The van der Waals surface area contributed by atoms with Crippen LogP contribution in [0.4, 0.5) is 10.1 Å². The van der Waals surface area contributed by atoms with Gasteiger partial charge < -0.3 is 4.98 Å². The summed E-state index contributed by atoms with van der Waals surface area (Å²) >= 11 is 6.23. The first-order valence-electron chi connectivity index (χ1n) is 8.81. The highest BCUT2D eigenvalue weighted by Gasteiger charge is 2.20. The molecule has 9 heteroatoms. The zero-order valence-corrected chi connectivity index (χ0v) is 17.2. The van der Waals surface area contributed by atoms with E-state index in [1.807, 2.05) is 13.0 Å². The molecule has 0 saturated carbocycles. The molecule has 0 aliphatic carbocycles. The van der Waals surface area contributed by atoms with Crippen molar-refractivity contribution in [3.63, 3.8) is 0 Å². The number of aromatic nitrogens is 2. The largest absolute Gasteiger partial charge is 0.345 e. The molecule has 0 radical (unpaired) electrons. The molecule has 0 aliphatic heterocycles. The molecule has 0 unspecified atom stereocenters. The second kappa shape index (κ2) is 7.55. The number of nitrogens with one attached hydrogen (secondary N) is 2. The van der Waals surface area contributed by atoms with E-state index in [0.717, 1.165) is 17.7 Å². The van der Waals surface area contributed by atoms with Crippen LogP contribution in [0.25, 0.3) is 11.0 Å². The van der Waals surface area contributed by atoms with Crippen molar-refractivity contribution >= 4 is 44.1 Å². The third kappa shape index (κ3) is 3.79. The Morgan fingerprint density at radius 2 is 1.93 bits per heavy atom. The van der Waals surface area contributed by atoms with Gasteiger partial charge in [-0.15, -0.1) is 0 Å². The van der Waals surface area contributed by atoms with Crippen molar-refractivity contribution in [3.05, 3.63) is 88.5 Å². The molecule has 4 aromatic rings. The van der Waals surface area contributed by atoms with Crippen molar-refractivity contribution in [3.8, 4) is 0 Å². The van der Waals surface area contributed by atoms with Gasteiger partial charge in [0.05, 0.1) is 9.92 Å². The Balaban J connectivity index is 1.71. The number of carbonyl (C=O) groups is 1. The normalized spacial score (nSPS) is 11.6. The number of hydrogen-bond acceptors (Lipinski definition) is 4. The summed E-state index contributed by atoms with van der Waals surface area (Å²) in [5.74, 6) is -1.06. The third-order valence-electron chi connectivity index (χ3n) is 4.48. The van der Waals surface area contributed by atoms with Gasteiger partial charge in [-0.3, -0.25) is 9.52 Å². The quantitative estimate of drug-likeness (QED) is 0.437. The highest BCUT2D eigenvalue weighted by Crippen LogP contribution is 2.28. The number of carbonyl (C=O) groups excluding carboxylic acids is 1. The van der Waals surface area contributed by atoms with Crippen LogP contribution in [0.2, 0.25) is 5.02 Å². The first kappa shape index (κ1) is 20.1. The molecule has 0 atom stereocenters. The number of aromatic amines is 1. The van der Waals surface area contributed by atoms with E-state index in [1.54, 1.807) is 12.4 Å². The van der Waals surface area contributed by atoms with Crippen LogP contribution in [0.1, 0.15) is 21.5 Å². The molecule has 0 amide bonds. The van der Waals surface area contributed by atoms with E-state index in [4.69, 9.17) is 11.6 Å². The molecule has 30 heavy (non-hydrogen) atoms. The minimum Gasteiger partial charge on any atom is -0.345 e. The van der Waals surface area contributed by atoms with E-state index in [9.17, 15) is 17.6 Å². The Kier molecular flexibility index (Phi) is 5.05. The number of halogens is 2. The van der Waals surface area contributed by atoms with Crippen molar-refractivity contribution < 1.29 is 17.6 Å². The Labute approximate surface area is 176 Å². The highest BCUT2D eigenvalue weighted by molar-refractivity contribution is 7.92. The predicted octanol–water partition coefficient (Wildman–Crippen LogP) is 4.70. The molecular formula is C21H15ClFN3O3S. The van der Waals surface area contributed by atoms with Crippen molar-refractivity contribution in [1.29, 1.82) is 0 Å². The Hall–Kier alpha value is -3.23. The van der Waals surface area contributed by atoms with Gasteiger partial charge in [0.25, 0.3) is 10.0 Å². The topological polar surface area (TPSA) is 91.9 Å². The van der Waals surface area contributed by atoms with E-state index in [1.165, 1.54) is 30.3 Å². The third-order valence-corrected chi connectivity index (χ3v) is 6.19. The van der Waals surface area contributed by atoms with Gasteiger partial charge in [-0.05, 0) is 55.0 Å². The summed E-state index contributed by atoms with van der Waals surface area (Å²) in [6.07, 6.45) is 3.22. The molecule has 2 aromatic carbocycles. The number of ketones is 1. The van der Waals surface area contributed by atoms with E-state index >= 15 is 0 Å². The number of nitrogens with zero attached hydrogens (tertiary/aromatic N) is 1. The molecule has 2 heterocycles. The molecule has 2 aromatic heterocycles. The maximum absolute atomic E-state index is 13.4. The van der Waals surface area contributed by atoms with Crippen LogP contribution in [0.5, 0.6) is 0 Å². The van der Waals surface area contributed by atoms with Crippen LogP contribution in [-0.4, -0.2) is 24.2 Å². The van der Waals surface area contributed by atoms with Gasteiger partial charge in [-0.2, -0.15) is 0 Å². The summed E-state index contributed by atoms with van der Waals surface area (Å²) < 4.78 is 40.9. The number of hydrogen-bond donors (Lipinski definition) is 2. The van der Waals surface area contributed by atoms with Crippen molar-refractivity contribution in [2.75, 3.05) is 4.72 Å². The summed E-state index contributed by atoms with van der Waals surface area (Å²) in [5, 5.41) is 0.811. The number of aryl methyl sites for hydroxylation is 1. The first-order chi connectivity index (χ1) is 14.2. The van der Waals surface area contributed by atoms with Crippen molar-refractivity contribution in [2.45, 2.75) is 11.8 Å². The summed E-state index contributed by atoms with van der Waals surface area (Å²) in [6.45, 7) is 1.86. The lowest BCUT2D eigenvalue weighted by molar-refractivity contribution is 0.104. The Bertz CT molecular complexity index is 1400. The fourth-order valence-corrected chi connectivity index (χ4v) is 4.34. The van der Waals surface area contributed by atoms with Crippen LogP contribution < -0.4 is 4.72 Å². The van der Waals surface area contributed by atoms with Gasteiger partial charge in [-0.25, -0.2) is 17.8 Å². The number of anilines is 1. The van der Waals surface area contributed by atoms with E-state index in [2.05, 4.69) is 14.7 Å². The lowest BCUT2D eigenvalue weighted by Crippen LogP contribution is -2.14. The number of sulfonamides is 1. The lowest BCUT2D eigenvalue weighted by atomic mass is 10.0.